The van der Waals surface area contributed by atoms with Crippen LogP contribution in [0.15, 0.2) is 59.5 Å². The van der Waals surface area contributed by atoms with E-state index in [2.05, 4.69) is 15.5 Å². The molecule has 0 aliphatic rings. The molecule has 140 valence electrons. The number of nitrogens with one attached hydrogen (secondary N) is 1. The zero-order valence-corrected chi connectivity index (χ0v) is 14.8. The van der Waals surface area contributed by atoms with Gasteiger partial charge in [-0.25, -0.2) is 8.42 Å². The summed E-state index contributed by atoms with van der Waals surface area (Å²) in [6, 6.07) is 13.5. The Balaban J connectivity index is 1.79. The van der Waals surface area contributed by atoms with Crippen molar-refractivity contribution in [3.05, 3.63) is 66.0 Å². The first-order chi connectivity index (χ1) is 12.8. The molecule has 0 atom stereocenters. The molecule has 3 rings (SSSR count). The monoisotopic (exact) mass is 392 g/mol. The minimum atomic E-state index is -4.68. The smallest absolute Gasteiger partial charge is 0.321 e. The minimum Gasteiger partial charge on any atom is -0.321 e. The third kappa shape index (κ3) is 3.85. The van der Waals surface area contributed by atoms with E-state index in [1.54, 1.807) is 19.1 Å². The highest BCUT2D eigenvalue weighted by atomic mass is 32.2. The largest absolute Gasteiger partial charge is 0.341 e. The van der Waals surface area contributed by atoms with Crippen LogP contribution in [0.1, 0.15) is 16.2 Å². The van der Waals surface area contributed by atoms with Crippen molar-refractivity contribution < 1.29 is 22.0 Å². The van der Waals surface area contributed by atoms with E-state index in [0.717, 1.165) is 12.1 Å². The zero-order chi connectivity index (χ0) is 19.6. The Morgan fingerprint density at radius 1 is 1.04 bits per heavy atom. The van der Waals surface area contributed by atoms with Gasteiger partial charge in [-0.15, -0.1) is 5.10 Å². The Morgan fingerprint density at radius 2 is 1.67 bits per heavy atom. The van der Waals surface area contributed by atoms with Gasteiger partial charge < -0.3 is 5.32 Å². The van der Waals surface area contributed by atoms with Gasteiger partial charge in [0.15, 0.2) is 5.69 Å². The van der Waals surface area contributed by atoms with Gasteiger partial charge in [0, 0.05) is 5.69 Å². The second-order valence-corrected chi connectivity index (χ2v) is 7.46. The molecule has 10 heteroatoms. The van der Waals surface area contributed by atoms with E-state index in [1.165, 1.54) is 16.9 Å². The molecule has 0 spiro atoms. The maximum Gasteiger partial charge on any atom is 0.341 e. The van der Waals surface area contributed by atoms with E-state index in [9.17, 15) is 22.0 Å². The summed E-state index contributed by atoms with van der Waals surface area (Å²) in [6.07, 6.45) is 0. The Morgan fingerprint density at radius 3 is 2.26 bits per heavy atom. The zero-order valence-electron chi connectivity index (χ0n) is 14.0. The number of hydrogen-bond donors (Lipinski definition) is 1. The predicted octanol–water partition coefficient (Wildman–Crippen LogP) is 2.82. The molecule has 1 heterocycles. The second kappa shape index (κ2) is 7.23. The molecule has 0 aliphatic heterocycles. The highest BCUT2D eigenvalue weighted by Gasteiger charge is 2.26. The summed E-state index contributed by atoms with van der Waals surface area (Å²) >= 11 is 0. The standard InChI is InChI=1S/C17H14F2N4O3S/c1-11-15(22-23(21-11)13-5-3-2-4-6-13)16(24)20-12-7-9-14(10-8-12)27(25,26)17(18)19/h2-10,17H,1H3,(H,20,24). The summed E-state index contributed by atoms with van der Waals surface area (Å²) in [5, 5.41) is 10.9. The van der Waals surface area contributed by atoms with Crippen LogP contribution in [0.25, 0.3) is 5.69 Å². The summed E-state index contributed by atoms with van der Waals surface area (Å²) in [5.74, 6) is -4.06. The van der Waals surface area contributed by atoms with Crippen molar-refractivity contribution in [1.82, 2.24) is 15.0 Å². The lowest BCUT2D eigenvalue weighted by Crippen LogP contribution is -2.15. The van der Waals surface area contributed by atoms with E-state index >= 15 is 0 Å². The fraction of sp³-hybridized carbons (Fsp3) is 0.118. The SMILES string of the molecule is Cc1nn(-c2ccccc2)nc1C(=O)Nc1ccc(S(=O)(=O)C(F)F)cc1. The van der Waals surface area contributed by atoms with Gasteiger partial charge in [0.1, 0.15) is 0 Å². The van der Waals surface area contributed by atoms with Crippen molar-refractivity contribution in [3.63, 3.8) is 0 Å². The molecular formula is C17H14F2N4O3S. The van der Waals surface area contributed by atoms with Crippen molar-refractivity contribution in [3.8, 4) is 5.69 Å². The molecule has 0 saturated heterocycles. The number of hydrogen-bond acceptors (Lipinski definition) is 5. The maximum absolute atomic E-state index is 12.5. The van der Waals surface area contributed by atoms with Gasteiger partial charge in [0.05, 0.1) is 16.3 Å². The summed E-state index contributed by atoms with van der Waals surface area (Å²) in [4.78, 5) is 13.2. The number of carbonyl (C=O) groups is 1. The lowest BCUT2D eigenvalue weighted by atomic mass is 10.3. The van der Waals surface area contributed by atoms with E-state index < -0.39 is 26.4 Å². The van der Waals surface area contributed by atoms with Crippen LogP contribution in [-0.2, 0) is 9.84 Å². The number of para-hydroxylation sites is 1. The van der Waals surface area contributed by atoms with Crippen molar-refractivity contribution >= 4 is 21.4 Å². The van der Waals surface area contributed by atoms with E-state index in [1.807, 2.05) is 18.2 Å². The van der Waals surface area contributed by atoms with Gasteiger partial charge in [-0.2, -0.15) is 18.7 Å². The first-order valence-electron chi connectivity index (χ1n) is 7.72. The minimum absolute atomic E-state index is 0.0862. The third-order valence-electron chi connectivity index (χ3n) is 3.66. The lowest BCUT2D eigenvalue weighted by Gasteiger charge is -2.06. The number of nitrogens with zero attached hydrogens (tertiary/aromatic N) is 3. The summed E-state index contributed by atoms with van der Waals surface area (Å²) in [5.41, 5.74) is 1.40. The fourth-order valence-corrected chi connectivity index (χ4v) is 3.01. The molecule has 1 amide bonds. The van der Waals surface area contributed by atoms with Crippen LogP contribution in [0.2, 0.25) is 0 Å². The van der Waals surface area contributed by atoms with Gasteiger partial charge in [-0.05, 0) is 43.3 Å². The molecule has 0 saturated carbocycles. The quantitative estimate of drug-likeness (QED) is 0.721. The van der Waals surface area contributed by atoms with Gasteiger partial charge >= 0.3 is 5.76 Å². The van der Waals surface area contributed by atoms with Crippen LogP contribution in [0.5, 0.6) is 0 Å². The summed E-state index contributed by atoms with van der Waals surface area (Å²) in [7, 11) is -4.68. The van der Waals surface area contributed by atoms with Crippen LogP contribution in [0, 0.1) is 6.92 Å². The number of anilines is 1. The fourth-order valence-electron chi connectivity index (χ4n) is 2.29. The number of alkyl halides is 2. The number of aryl methyl sites for hydroxylation is 1. The molecule has 0 bridgehead atoms. The van der Waals surface area contributed by atoms with Crippen molar-refractivity contribution in [2.24, 2.45) is 0 Å². The summed E-state index contributed by atoms with van der Waals surface area (Å²) in [6.45, 7) is 1.62. The van der Waals surface area contributed by atoms with Crippen molar-refractivity contribution in [1.29, 1.82) is 0 Å². The third-order valence-corrected chi connectivity index (χ3v) is 5.06. The Hall–Kier alpha value is -3.14. The molecule has 27 heavy (non-hydrogen) atoms. The number of carbonyl (C=O) groups excluding carboxylic acids is 1. The first-order valence-corrected chi connectivity index (χ1v) is 9.26. The maximum atomic E-state index is 12.5. The van der Waals surface area contributed by atoms with E-state index in [0.29, 0.717) is 11.4 Å². The van der Waals surface area contributed by atoms with Crippen LogP contribution in [0.4, 0.5) is 14.5 Å². The van der Waals surface area contributed by atoms with Gasteiger partial charge in [0.2, 0.25) is 9.84 Å². The topological polar surface area (TPSA) is 93.9 Å². The lowest BCUT2D eigenvalue weighted by molar-refractivity contribution is 0.102. The van der Waals surface area contributed by atoms with Crippen molar-refractivity contribution in [2.75, 3.05) is 5.32 Å². The Labute approximate surface area is 153 Å². The van der Waals surface area contributed by atoms with Crippen LogP contribution in [-0.4, -0.2) is 35.1 Å². The molecule has 0 fully saturated rings. The molecule has 0 aliphatic carbocycles. The van der Waals surface area contributed by atoms with E-state index in [-0.39, 0.29) is 11.4 Å². The number of sulfone groups is 1. The van der Waals surface area contributed by atoms with Crippen LogP contribution < -0.4 is 5.32 Å². The number of benzene rings is 2. The first kappa shape index (κ1) is 18.6. The van der Waals surface area contributed by atoms with Gasteiger partial charge in [-0.1, -0.05) is 18.2 Å². The molecule has 7 nitrogen and oxygen atoms in total. The number of rotatable bonds is 5. The second-order valence-electron chi connectivity index (χ2n) is 5.54. The molecule has 1 N–H and O–H groups in total. The van der Waals surface area contributed by atoms with Crippen LogP contribution in [0.3, 0.4) is 0 Å². The molecule has 3 aromatic rings. The average Bonchev–Trinajstić information content (AvgIpc) is 3.04. The average molecular weight is 392 g/mol. The predicted molar refractivity (Wildman–Crippen MR) is 93.7 cm³/mol. The number of aromatic nitrogens is 3. The highest BCUT2D eigenvalue weighted by molar-refractivity contribution is 7.91. The van der Waals surface area contributed by atoms with E-state index in [4.69, 9.17) is 0 Å². The summed E-state index contributed by atoms with van der Waals surface area (Å²) < 4.78 is 47.9. The Bertz CT molecular complexity index is 1070. The van der Waals surface area contributed by atoms with Crippen molar-refractivity contribution in [2.45, 2.75) is 17.6 Å². The number of amides is 1. The highest BCUT2D eigenvalue weighted by Crippen LogP contribution is 2.20. The Kier molecular flexibility index (Phi) is 5.00. The van der Waals surface area contributed by atoms with Crippen LogP contribution >= 0.6 is 0 Å². The molecule has 0 unspecified atom stereocenters. The van der Waals surface area contributed by atoms with Gasteiger partial charge in [0.25, 0.3) is 5.91 Å². The molecule has 2 aromatic carbocycles. The molecular weight excluding hydrogens is 378 g/mol. The normalized spacial score (nSPS) is 11.6. The van der Waals surface area contributed by atoms with Gasteiger partial charge in [-0.3, -0.25) is 4.79 Å². The number of halogens is 2. The molecule has 0 radical (unpaired) electrons. The molecule has 1 aromatic heterocycles.